The third-order valence-electron chi connectivity index (χ3n) is 2.04. The number of phenolic OH excluding ortho intramolecular Hbond substituents is 2. The number of phenols is 2. The Balaban J connectivity index is 3.16. The zero-order valence-corrected chi connectivity index (χ0v) is 9.30. The Morgan fingerprint density at radius 2 is 1.92 bits per heavy atom. The first kappa shape index (κ1) is 10.4. The standard InChI is InChI=1S/C10H13BrO2/c1-10(2,6-11)8-4-3-7(12)5-9(8)13/h3-5,12-13H,6H2,1-2H3. The predicted molar refractivity (Wildman–Crippen MR) is 56.6 cm³/mol. The van der Waals surface area contributed by atoms with E-state index in [-0.39, 0.29) is 16.9 Å². The summed E-state index contributed by atoms with van der Waals surface area (Å²) in [6.45, 7) is 4.04. The van der Waals surface area contributed by atoms with Crippen LogP contribution in [0.15, 0.2) is 18.2 Å². The summed E-state index contributed by atoms with van der Waals surface area (Å²) < 4.78 is 0. The fourth-order valence-electron chi connectivity index (χ4n) is 1.16. The molecule has 0 fully saturated rings. The van der Waals surface area contributed by atoms with E-state index in [0.29, 0.717) is 0 Å². The third-order valence-corrected chi connectivity index (χ3v) is 3.45. The maximum absolute atomic E-state index is 9.58. The monoisotopic (exact) mass is 244 g/mol. The number of rotatable bonds is 2. The second-order valence-corrected chi connectivity index (χ2v) is 4.28. The van der Waals surface area contributed by atoms with Gasteiger partial charge in [0.05, 0.1) is 0 Å². The van der Waals surface area contributed by atoms with Crippen LogP contribution < -0.4 is 0 Å². The smallest absolute Gasteiger partial charge is 0.123 e. The van der Waals surface area contributed by atoms with Crippen molar-refractivity contribution in [2.24, 2.45) is 0 Å². The van der Waals surface area contributed by atoms with Gasteiger partial charge in [-0.25, -0.2) is 0 Å². The molecule has 0 aliphatic carbocycles. The van der Waals surface area contributed by atoms with Gasteiger partial charge in [-0.15, -0.1) is 0 Å². The van der Waals surface area contributed by atoms with Crippen LogP contribution in [-0.2, 0) is 5.41 Å². The van der Waals surface area contributed by atoms with Crippen LogP contribution in [0.5, 0.6) is 11.5 Å². The van der Waals surface area contributed by atoms with Gasteiger partial charge < -0.3 is 10.2 Å². The van der Waals surface area contributed by atoms with Gasteiger partial charge in [0.2, 0.25) is 0 Å². The molecule has 1 rings (SSSR count). The van der Waals surface area contributed by atoms with Gasteiger partial charge in [-0.2, -0.15) is 0 Å². The molecule has 0 unspecified atom stereocenters. The number of alkyl halides is 1. The highest BCUT2D eigenvalue weighted by Crippen LogP contribution is 2.34. The summed E-state index contributed by atoms with van der Waals surface area (Å²) in [6.07, 6.45) is 0. The Morgan fingerprint density at radius 3 is 2.38 bits per heavy atom. The zero-order valence-electron chi connectivity index (χ0n) is 7.71. The summed E-state index contributed by atoms with van der Waals surface area (Å²) in [5.41, 5.74) is 0.708. The Bertz CT molecular complexity index is 308. The van der Waals surface area contributed by atoms with Crippen LogP contribution in [0.1, 0.15) is 19.4 Å². The minimum atomic E-state index is -0.127. The van der Waals surface area contributed by atoms with Crippen molar-refractivity contribution in [3.8, 4) is 11.5 Å². The highest BCUT2D eigenvalue weighted by atomic mass is 79.9. The first-order chi connectivity index (χ1) is 5.97. The van der Waals surface area contributed by atoms with E-state index in [1.807, 2.05) is 13.8 Å². The largest absolute Gasteiger partial charge is 0.508 e. The number of halogens is 1. The summed E-state index contributed by atoms with van der Waals surface area (Å²) >= 11 is 3.39. The molecule has 0 radical (unpaired) electrons. The lowest BCUT2D eigenvalue weighted by Crippen LogP contribution is -2.18. The van der Waals surface area contributed by atoms with Gasteiger partial charge in [-0.05, 0) is 6.07 Å². The van der Waals surface area contributed by atoms with Crippen molar-refractivity contribution in [3.63, 3.8) is 0 Å². The quantitative estimate of drug-likeness (QED) is 0.786. The average Bonchev–Trinajstić information content (AvgIpc) is 2.03. The van der Waals surface area contributed by atoms with Gasteiger partial charge >= 0.3 is 0 Å². The lowest BCUT2D eigenvalue weighted by atomic mass is 9.86. The number of benzene rings is 1. The van der Waals surface area contributed by atoms with E-state index < -0.39 is 0 Å². The van der Waals surface area contributed by atoms with E-state index in [9.17, 15) is 5.11 Å². The van der Waals surface area contributed by atoms with Crippen LogP contribution in [0.2, 0.25) is 0 Å². The SMILES string of the molecule is CC(C)(CBr)c1ccc(O)cc1O. The summed E-state index contributed by atoms with van der Waals surface area (Å²) in [5, 5.41) is 19.4. The van der Waals surface area contributed by atoms with Crippen molar-refractivity contribution in [2.45, 2.75) is 19.3 Å². The molecular formula is C10H13BrO2. The zero-order chi connectivity index (χ0) is 10.1. The van der Waals surface area contributed by atoms with Gasteiger partial charge in [0.1, 0.15) is 11.5 Å². The van der Waals surface area contributed by atoms with E-state index >= 15 is 0 Å². The maximum atomic E-state index is 9.58. The molecule has 0 saturated heterocycles. The molecule has 2 N–H and O–H groups in total. The molecule has 0 amide bonds. The molecule has 0 bridgehead atoms. The van der Waals surface area contributed by atoms with Crippen molar-refractivity contribution >= 4 is 15.9 Å². The van der Waals surface area contributed by atoms with Crippen LogP contribution in [-0.4, -0.2) is 15.5 Å². The Morgan fingerprint density at radius 1 is 1.31 bits per heavy atom. The molecule has 3 heteroatoms. The molecule has 0 aliphatic heterocycles. The minimum absolute atomic E-state index is 0.0895. The second-order valence-electron chi connectivity index (χ2n) is 3.72. The minimum Gasteiger partial charge on any atom is -0.508 e. The molecule has 72 valence electrons. The molecular weight excluding hydrogens is 232 g/mol. The third kappa shape index (κ3) is 2.15. The second kappa shape index (κ2) is 3.58. The lowest BCUT2D eigenvalue weighted by molar-refractivity contribution is 0.433. The number of hydrogen-bond donors (Lipinski definition) is 2. The van der Waals surface area contributed by atoms with Crippen molar-refractivity contribution in [1.82, 2.24) is 0 Å². The molecule has 0 saturated carbocycles. The number of aromatic hydroxyl groups is 2. The van der Waals surface area contributed by atoms with Gasteiger partial charge in [-0.1, -0.05) is 35.8 Å². The Labute approximate surface area is 86.3 Å². The van der Waals surface area contributed by atoms with Crippen LogP contribution in [0, 0.1) is 0 Å². The summed E-state index contributed by atoms with van der Waals surface area (Å²) in [6, 6.07) is 4.69. The van der Waals surface area contributed by atoms with E-state index in [1.54, 1.807) is 12.1 Å². The molecule has 1 aromatic rings. The first-order valence-electron chi connectivity index (χ1n) is 4.06. The molecule has 0 atom stereocenters. The maximum Gasteiger partial charge on any atom is 0.123 e. The Kier molecular flexibility index (Phi) is 2.86. The summed E-state index contributed by atoms with van der Waals surface area (Å²) in [7, 11) is 0. The van der Waals surface area contributed by atoms with E-state index in [4.69, 9.17) is 5.11 Å². The molecule has 2 nitrogen and oxygen atoms in total. The van der Waals surface area contributed by atoms with Crippen LogP contribution in [0.25, 0.3) is 0 Å². The predicted octanol–water partition coefficient (Wildman–Crippen LogP) is 2.77. The lowest BCUT2D eigenvalue weighted by Gasteiger charge is -2.23. The van der Waals surface area contributed by atoms with Gasteiger partial charge in [0.25, 0.3) is 0 Å². The van der Waals surface area contributed by atoms with E-state index in [2.05, 4.69) is 15.9 Å². The highest BCUT2D eigenvalue weighted by molar-refractivity contribution is 9.09. The molecule has 0 aromatic heterocycles. The average molecular weight is 245 g/mol. The number of hydrogen-bond acceptors (Lipinski definition) is 2. The molecule has 1 aromatic carbocycles. The first-order valence-corrected chi connectivity index (χ1v) is 5.18. The highest BCUT2D eigenvalue weighted by Gasteiger charge is 2.22. The molecule has 0 heterocycles. The topological polar surface area (TPSA) is 40.5 Å². The Hall–Kier alpha value is -0.700. The van der Waals surface area contributed by atoms with Crippen molar-refractivity contribution in [1.29, 1.82) is 0 Å². The van der Waals surface area contributed by atoms with E-state index in [1.165, 1.54) is 6.07 Å². The molecule has 0 spiro atoms. The van der Waals surface area contributed by atoms with Gasteiger partial charge in [-0.3, -0.25) is 0 Å². The van der Waals surface area contributed by atoms with E-state index in [0.717, 1.165) is 10.9 Å². The van der Waals surface area contributed by atoms with Crippen molar-refractivity contribution in [2.75, 3.05) is 5.33 Å². The summed E-state index contributed by atoms with van der Waals surface area (Å²) in [5.74, 6) is 0.232. The fourth-order valence-corrected chi connectivity index (χ4v) is 1.47. The van der Waals surface area contributed by atoms with Gasteiger partial charge in [0, 0.05) is 22.4 Å². The van der Waals surface area contributed by atoms with Crippen molar-refractivity contribution < 1.29 is 10.2 Å². The molecule has 13 heavy (non-hydrogen) atoms. The van der Waals surface area contributed by atoms with Gasteiger partial charge in [0.15, 0.2) is 0 Å². The fraction of sp³-hybridized carbons (Fsp3) is 0.400. The normalized spacial score (nSPS) is 11.6. The van der Waals surface area contributed by atoms with Crippen LogP contribution in [0.3, 0.4) is 0 Å². The van der Waals surface area contributed by atoms with Crippen LogP contribution in [0.4, 0.5) is 0 Å². The molecule has 0 aliphatic rings. The summed E-state index contributed by atoms with van der Waals surface area (Å²) in [4.78, 5) is 0. The van der Waals surface area contributed by atoms with Crippen molar-refractivity contribution in [3.05, 3.63) is 23.8 Å². The van der Waals surface area contributed by atoms with Crippen LogP contribution >= 0.6 is 15.9 Å².